The minimum absolute atomic E-state index is 0.0517. The standard InChI is InChI=1S/C16H20N2O3/c1-16(2,3)17-9-12-10-21-15(18-12)11-4-5-13-14(8-11)20-7-6-19-13/h4-5,8,10,17H,6-7,9H2,1-3H3. The number of hydrogen-bond acceptors (Lipinski definition) is 5. The first-order valence-electron chi connectivity index (χ1n) is 7.11. The van der Waals surface area contributed by atoms with Crippen molar-refractivity contribution in [2.45, 2.75) is 32.9 Å². The molecule has 5 heteroatoms. The molecule has 0 spiro atoms. The highest BCUT2D eigenvalue weighted by Gasteiger charge is 2.15. The van der Waals surface area contributed by atoms with Crippen LogP contribution < -0.4 is 14.8 Å². The molecule has 1 aliphatic rings. The normalized spacial score (nSPS) is 14.2. The van der Waals surface area contributed by atoms with E-state index < -0.39 is 0 Å². The van der Waals surface area contributed by atoms with Crippen LogP contribution >= 0.6 is 0 Å². The van der Waals surface area contributed by atoms with E-state index in [-0.39, 0.29) is 5.54 Å². The number of oxazole rings is 1. The van der Waals surface area contributed by atoms with Crippen molar-refractivity contribution in [3.05, 3.63) is 30.2 Å². The number of aromatic nitrogens is 1. The quantitative estimate of drug-likeness (QED) is 0.941. The summed E-state index contributed by atoms with van der Waals surface area (Å²) in [6, 6.07) is 5.72. The predicted octanol–water partition coefficient (Wildman–Crippen LogP) is 3.00. The number of nitrogens with zero attached hydrogens (tertiary/aromatic N) is 1. The first-order chi connectivity index (χ1) is 10.0. The summed E-state index contributed by atoms with van der Waals surface area (Å²) in [7, 11) is 0. The van der Waals surface area contributed by atoms with Crippen LogP contribution in [0.25, 0.3) is 11.5 Å². The molecule has 0 unspecified atom stereocenters. The zero-order valence-corrected chi connectivity index (χ0v) is 12.6. The Labute approximate surface area is 124 Å². The Hall–Kier alpha value is -2.01. The molecular formula is C16H20N2O3. The van der Waals surface area contributed by atoms with Gasteiger partial charge in [-0.2, -0.15) is 0 Å². The third-order valence-electron chi connectivity index (χ3n) is 3.14. The Bertz CT molecular complexity index is 629. The smallest absolute Gasteiger partial charge is 0.226 e. The lowest BCUT2D eigenvalue weighted by atomic mass is 10.1. The third-order valence-corrected chi connectivity index (χ3v) is 3.14. The number of hydrogen-bond donors (Lipinski definition) is 1. The number of nitrogens with one attached hydrogen (secondary N) is 1. The molecule has 1 N–H and O–H groups in total. The predicted molar refractivity (Wildman–Crippen MR) is 79.5 cm³/mol. The number of benzene rings is 1. The molecule has 21 heavy (non-hydrogen) atoms. The van der Waals surface area contributed by atoms with Crippen molar-refractivity contribution in [1.29, 1.82) is 0 Å². The van der Waals surface area contributed by atoms with Crippen molar-refractivity contribution >= 4 is 0 Å². The molecule has 1 aliphatic heterocycles. The molecule has 0 radical (unpaired) electrons. The molecule has 0 saturated carbocycles. The second-order valence-electron chi connectivity index (χ2n) is 6.11. The van der Waals surface area contributed by atoms with Crippen molar-refractivity contribution in [3.63, 3.8) is 0 Å². The van der Waals surface area contributed by atoms with Crippen LogP contribution in [0.1, 0.15) is 26.5 Å². The second-order valence-corrected chi connectivity index (χ2v) is 6.11. The van der Waals surface area contributed by atoms with E-state index in [1.807, 2.05) is 18.2 Å². The lowest BCUT2D eigenvalue weighted by Crippen LogP contribution is -2.35. The van der Waals surface area contributed by atoms with Gasteiger partial charge in [-0.15, -0.1) is 0 Å². The van der Waals surface area contributed by atoms with Gasteiger partial charge in [0.25, 0.3) is 0 Å². The zero-order valence-electron chi connectivity index (χ0n) is 12.6. The summed E-state index contributed by atoms with van der Waals surface area (Å²) in [6.45, 7) is 8.20. The van der Waals surface area contributed by atoms with Gasteiger partial charge in [-0.25, -0.2) is 4.98 Å². The van der Waals surface area contributed by atoms with Gasteiger partial charge in [0, 0.05) is 17.6 Å². The van der Waals surface area contributed by atoms with Crippen LogP contribution in [-0.2, 0) is 6.54 Å². The SMILES string of the molecule is CC(C)(C)NCc1coc(-c2ccc3c(c2)OCCO3)n1. The minimum Gasteiger partial charge on any atom is -0.486 e. The largest absolute Gasteiger partial charge is 0.486 e. The van der Waals surface area contributed by atoms with Crippen LogP contribution in [0.3, 0.4) is 0 Å². The Balaban J connectivity index is 1.77. The summed E-state index contributed by atoms with van der Waals surface area (Å²) in [5.74, 6) is 2.11. The van der Waals surface area contributed by atoms with Gasteiger partial charge in [0.1, 0.15) is 19.5 Å². The maximum absolute atomic E-state index is 5.58. The van der Waals surface area contributed by atoms with Gasteiger partial charge < -0.3 is 19.2 Å². The van der Waals surface area contributed by atoms with Gasteiger partial charge in [0.15, 0.2) is 11.5 Å². The fourth-order valence-electron chi connectivity index (χ4n) is 2.05. The Morgan fingerprint density at radius 2 is 1.90 bits per heavy atom. The van der Waals surface area contributed by atoms with E-state index in [2.05, 4.69) is 31.1 Å². The molecule has 0 fully saturated rings. The minimum atomic E-state index is 0.0517. The van der Waals surface area contributed by atoms with Crippen LogP contribution in [0, 0.1) is 0 Å². The molecule has 112 valence electrons. The Kier molecular flexibility index (Phi) is 3.59. The van der Waals surface area contributed by atoms with Gasteiger partial charge in [-0.05, 0) is 39.0 Å². The highest BCUT2D eigenvalue weighted by Crippen LogP contribution is 2.34. The molecule has 3 rings (SSSR count). The van der Waals surface area contributed by atoms with Crippen LogP contribution in [0.2, 0.25) is 0 Å². The highest BCUT2D eigenvalue weighted by atomic mass is 16.6. The molecule has 0 amide bonds. The van der Waals surface area contributed by atoms with E-state index >= 15 is 0 Å². The first kappa shape index (κ1) is 13.9. The molecule has 0 saturated heterocycles. The number of ether oxygens (including phenoxy) is 2. The second kappa shape index (κ2) is 5.41. The van der Waals surface area contributed by atoms with Crippen LogP contribution in [0.5, 0.6) is 11.5 Å². The Morgan fingerprint density at radius 1 is 1.14 bits per heavy atom. The van der Waals surface area contributed by atoms with E-state index in [1.165, 1.54) is 0 Å². The van der Waals surface area contributed by atoms with E-state index in [9.17, 15) is 0 Å². The number of fused-ring (bicyclic) bond motifs is 1. The summed E-state index contributed by atoms with van der Waals surface area (Å²) in [5, 5.41) is 3.39. The number of rotatable bonds is 3. The van der Waals surface area contributed by atoms with Crippen LogP contribution in [0.15, 0.2) is 28.9 Å². The van der Waals surface area contributed by atoms with Crippen molar-refractivity contribution in [1.82, 2.24) is 10.3 Å². The van der Waals surface area contributed by atoms with Gasteiger partial charge in [-0.3, -0.25) is 0 Å². The van der Waals surface area contributed by atoms with Crippen molar-refractivity contribution in [2.24, 2.45) is 0 Å². The summed E-state index contributed by atoms with van der Waals surface area (Å²) in [4.78, 5) is 4.51. The molecule has 1 aromatic carbocycles. The Morgan fingerprint density at radius 3 is 2.67 bits per heavy atom. The van der Waals surface area contributed by atoms with E-state index in [0.29, 0.717) is 25.6 Å². The summed E-state index contributed by atoms with van der Waals surface area (Å²) in [5.41, 5.74) is 1.83. The van der Waals surface area contributed by atoms with Gasteiger partial charge >= 0.3 is 0 Å². The maximum Gasteiger partial charge on any atom is 0.226 e. The fourth-order valence-corrected chi connectivity index (χ4v) is 2.05. The van der Waals surface area contributed by atoms with Gasteiger partial charge in [0.2, 0.25) is 5.89 Å². The van der Waals surface area contributed by atoms with Crippen molar-refractivity contribution in [3.8, 4) is 23.0 Å². The van der Waals surface area contributed by atoms with Crippen molar-refractivity contribution < 1.29 is 13.9 Å². The topological polar surface area (TPSA) is 56.5 Å². The molecule has 0 aliphatic carbocycles. The summed E-state index contributed by atoms with van der Waals surface area (Å²) >= 11 is 0. The highest BCUT2D eigenvalue weighted by molar-refractivity contribution is 5.60. The zero-order chi connectivity index (χ0) is 14.9. The van der Waals surface area contributed by atoms with Crippen molar-refractivity contribution in [2.75, 3.05) is 13.2 Å². The molecule has 2 aromatic rings. The molecule has 1 aromatic heterocycles. The average Bonchev–Trinajstić information content (AvgIpc) is 2.93. The molecule has 0 atom stereocenters. The lowest BCUT2D eigenvalue weighted by molar-refractivity contribution is 0.171. The average molecular weight is 288 g/mol. The van der Waals surface area contributed by atoms with Gasteiger partial charge in [-0.1, -0.05) is 0 Å². The third kappa shape index (κ3) is 3.36. The molecule has 5 nitrogen and oxygen atoms in total. The summed E-state index contributed by atoms with van der Waals surface area (Å²) in [6.07, 6.45) is 1.69. The maximum atomic E-state index is 5.58. The first-order valence-corrected chi connectivity index (χ1v) is 7.11. The lowest BCUT2D eigenvalue weighted by Gasteiger charge is -2.19. The van der Waals surface area contributed by atoms with E-state index in [1.54, 1.807) is 6.26 Å². The van der Waals surface area contributed by atoms with E-state index in [4.69, 9.17) is 13.9 Å². The summed E-state index contributed by atoms with van der Waals surface area (Å²) < 4.78 is 16.6. The van der Waals surface area contributed by atoms with E-state index in [0.717, 1.165) is 22.8 Å². The van der Waals surface area contributed by atoms with Crippen LogP contribution in [0.4, 0.5) is 0 Å². The fraction of sp³-hybridized carbons (Fsp3) is 0.438. The molecule has 0 bridgehead atoms. The molecular weight excluding hydrogens is 268 g/mol. The monoisotopic (exact) mass is 288 g/mol. The van der Waals surface area contributed by atoms with Crippen LogP contribution in [-0.4, -0.2) is 23.7 Å². The van der Waals surface area contributed by atoms with Gasteiger partial charge in [0.05, 0.1) is 5.69 Å². The molecule has 2 heterocycles.